The molecule has 1 amide bonds. The number of imidazole rings is 1. The van der Waals surface area contributed by atoms with Crippen molar-refractivity contribution in [1.29, 1.82) is 0 Å². The van der Waals surface area contributed by atoms with Gasteiger partial charge in [-0.3, -0.25) is 4.79 Å². The standard InChI is InChI=1S/C15H15N5O3/c21-6-11(7-22)20-9-18-12-13(16-8-17-14(12)20)19-15(23)10-4-2-1-3-5-10/h1-5,8-9,11,21-22H,6-7H2,(H,16,17,19,23). The number of nitrogens with one attached hydrogen (secondary N) is 1. The molecule has 0 atom stereocenters. The first kappa shape index (κ1) is 15.1. The maximum Gasteiger partial charge on any atom is 0.256 e. The molecule has 0 aliphatic carbocycles. The van der Waals surface area contributed by atoms with Crippen molar-refractivity contribution in [3.63, 3.8) is 0 Å². The Labute approximate surface area is 131 Å². The van der Waals surface area contributed by atoms with Crippen molar-refractivity contribution in [3.8, 4) is 0 Å². The molecule has 1 aromatic carbocycles. The minimum absolute atomic E-state index is 0.252. The highest BCUT2D eigenvalue weighted by atomic mass is 16.3. The fourth-order valence-corrected chi connectivity index (χ4v) is 2.21. The summed E-state index contributed by atoms with van der Waals surface area (Å²) in [5.74, 6) is -0.0294. The van der Waals surface area contributed by atoms with Crippen LogP contribution in [0.15, 0.2) is 43.0 Å². The number of amides is 1. The number of carbonyl (C=O) groups is 1. The number of fused-ring (bicyclic) bond motifs is 1. The monoisotopic (exact) mass is 313 g/mol. The molecular formula is C15H15N5O3. The summed E-state index contributed by atoms with van der Waals surface area (Å²) >= 11 is 0. The van der Waals surface area contributed by atoms with E-state index in [0.717, 1.165) is 0 Å². The van der Waals surface area contributed by atoms with Gasteiger partial charge in [-0.05, 0) is 12.1 Å². The van der Waals surface area contributed by atoms with Crippen molar-refractivity contribution in [2.75, 3.05) is 18.5 Å². The predicted octanol–water partition coefficient (Wildman–Crippen LogP) is 0.604. The lowest BCUT2D eigenvalue weighted by molar-refractivity contribution is 0.102. The van der Waals surface area contributed by atoms with E-state index in [1.807, 2.05) is 6.07 Å². The normalized spacial score (nSPS) is 11.1. The van der Waals surface area contributed by atoms with E-state index in [4.69, 9.17) is 0 Å². The van der Waals surface area contributed by atoms with Crippen LogP contribution in [0.2, 0.25) is 0 Å². The van der Waals surface area contributed by atoms with Crippen molar-refractivity contribution >= 4 is 22.9 Å². The van der Waals surface area contributed by atoms with Gasteiger partial charge in [-0.2, -0.15) is 0 Å². The van der Waals surface area contributed by atoms with E-state index in [1.165, 1.54) is 12.7 Å². The van der Waals surface area contributed by atoms with Gasteiger partial charge in [0.2, 0.25) is 0 Å². The largest absolute Gasteiger partial charge is 0.394 e. The topological polar surface area (TPSA) is 113 Å². The second kappa shape index (κ2) is 6.51. The highest BCUT2D eigenvalue weighted by molar-refractivity contribution is 6.06. The van der Waals surface area contributed by atoms with Crippen LogP contribution in [-0.4, -0.2) is 48.9 Å². The van der Waals surface area contributed by atoms with Gasteiger partial charge in [-0.15, -0.1) is 0 Å². The molecule has 2 aromatic heterocycles. The maximum absolute atomic E-state index is 12.2. The molecule has 2 heterocycles. The zero-order valence-electron chi connectivity index (χ0n) is 12.1. The number of hydrogen-bond acceptors (Lipinski definition) is 6. The zero-order valence-corrected chi connectivity index (χ0v) is 12.1. The Morgan fingerprint density at radius 2 is 1.87 bits per heavy atom. The van der Waals surface area contributed by atoms with E-state index in [0.29, 0.717) is 16.7 Å². The highest BCUT2D eigenvalue weighted by Gasteiger charge is 2.17. The Balaban J connectivity index is 1.95. The van der Waals surface area contributed by atoms with Gasteiger partial charge in [0.05, 0.1) is 25.6 Å². The Bertz CT molecular complexity index is 814. The molecule has 0 bridgehead atoms. The molecule has 0 unspecified atom stereocenters. The average Bonchev–Trinajstić information content (AvgIpc) is 3.02. The van der Waals surface area contributed by atoms with Crippen LogP contribution in [0.25, 0.3) is 11.2 Å². The summed E-state index contributed by atoms with van der Waals surface area (Å²) in [6.45, 7) is -0.505. The maximum atomic E-state index is 12.2. The first-order chi connectivity index (χ1) is 11.2. The number of aliphatic hydroxyl groups excluding tert-OH is 2. The van der Waals surface area contributed by atoms with E-state index < -0.39 is 6.04 Å². The SMILES string of the molecule is O=C(Nc1ncnc2c1ncn2C(CO)CO)c1ccccc1. The number of aromatic nitrogens is 4. The van der Waals surface area contributed by atoms with Gasteiger partial charge in [0.15, 0.2) is 17.0 Å². The molecule has 118 valence electrons. The summed E-state index contributed by atoms with van der Waals surface area (Å²) in [6.07, 6.45) is 2.75. The summed E-state index contributed by atoms with van der Waals surface area (Å²) in [7, 11) is 0. The Morgan fingerprint density at radius 1 is 1.13 bits per heavy atom. The van der Waals surface area contributed by atoms with Crippen LogP contribution in [0.3, 0.4) is 0 Å². The minimum atomic E-state index is -0.549. The Hall–Kier alpha value is -2.84. The van der Waals surface area contributed by atoms with E-state index in [-0.39, 0.29) is 24.9 Å². The number of benzene rings is 1. The second-order valence-corrected chi connectivity index (χ2v) is 4.89. The molecule has 3 N–H and O–H groups in total. The van der Waals surface area contributed by atoms with Gasteiger partial charge in [-0.25, -0.2) is 15.0 Å². The van der Waals surface area contributed by atoms with Gasteiger partial charge in [0, 0.05) is 5.56 Å². The van der Waals surface area contributed by atoms with Crippen LogP contribution in [0.5, 0.6) is 0 Å². The summed E-state index contributed by atoms with van der Waals surface area (Å²) in [6, 6.07) is 8.21. The van der Waals surface area contributed by atoms with Crippen molar-refractivity contribution < 1.29 is 15.0 Å². The molecule has 23 heavy (non-hydrogen) atoms. The summed E-state index contributed by atoms with van der Waals surface area (Å²) in [5, 5.41) is 21.3. The van der Waals surface area contributed by atoms with Crippen LogP contribution in [0.1, 0.15) is 16.4 Å². The molecule has 0 aliphatic rings. The molecule has 3 aromatic rings. The predicted molar refractivity (Wildman–Crippen MR) is 82.9 cm³/mol. The van der Waals surface area contributed by atoms with E-state index in [1.54, 1.807) is 28.8 Å². The van der Waals surface area contributed by atoms with Gasteiger partial charge in [0.1, 0.15) is 6.33 Å². The smallest absolute Gasteiger partial charge is 0.256 e. The lowest BCUT2D eigenvalue weighted by Crippen LogP contribution is -2.17. The van der Waals surface area contributed by atoms with Gasteiger partial charge < -0.3 is 20.1 Å². The van der Waals surface area contributed by atoms with Crippen molar-refractivity contribution in [2.24, 2.45) is 0 Å². The summed E-state index contributed by atoms with van der Waals surface area (Å²) in [5.41, 5.74) is 1.32. The Kier molecular flexibility index (Phi) is 4.26. The van der Waals surface area contributed by atoms with Gasteiger partial charge >= 0.3 is 0 Å². The van der Waals surface area contributed by atoms with Crippen LogP contribution in [0, 0.1) is 0 Å². The first-order valence-electron chi connectivity index (χ1n) is 7.00. The number of nitrogens with zero attached hydrogens (tertiary/aromatic N) is 4. The van der Waals surface area contributed by atoms with Crippen LogP contribution in [0.4, 0.5) is 5.82 Å². The molecule has 8 nitrogen and oxygen atoms in total. The quantitative estimate of drug-likeness (QED) is 0.636. The molecule has 0 fully saturated rings. The van der Waals surface area contributed by atoms with Crippen molar-refractivity contribution in [3.05, 3.63) is 48.5 Å². The van der Waals surface area contributed by atoms with Gasteiger partial charge in [0.25, 0.3) is 5.91 Å². The summed E-state index contributed by atoms with van der Waals surface area (Å²) in [4.78, 5) is 24.6. The Morgan fingerprint density at radius 3 is 2.57 bits per heavy atom. The number of anilines is 1. The van der Waals surface area contributed by atoms with E-state index in [9.17, 15) is 15.0 Å². The molecule has 8 heteroatoms. The third kappa shape index (κ3) is 2.89. The second-order valence-electron chi connectivity index (χ2n) is 4.89. The molecule has 0 saturated carbocycles. The van der Waals surface area contributed by atoms with Crippen molar-refractivity contribution in [1.82, 2.24) is 19.5 Å². The molecule has 3 rings (SSSR count). The van der Waals surface area contributed by atoms with E-state index >= 15 is 0 Å². The number of carbonyl (C=O) groups excluding carboxylic acids is 1. The van der Waals surface area contributed by atoms with E-state index in [2.05, 4.69) is 20.3 Å². The first-order valence-corrected chi connectivity index (χ1v) is 7.00. The highest BCUT2D eigenvalue weighted by Crippen LogP contribution is 2.21. The average molecular weight is 313 g/mol. The van der Waals surface area contributed by atoms with Crippen LogP contribution >= 0.6 is 0 Å². The third-order valence-electron chi connectivity index (χ3n) is 3.44. The van der Waals surface area contributed by atoms with Crippen LogP contribution in [-0.2, 0) is 0 Å². The number of rotatable bonds is 5. The molecule has 0 aliphatic heterocycles. The molecular weight excluding hydrogens is 298 g/mol. The number of aliphatic hydroxyl groups is 2. The zero-order chi connectivity index (χ0) is 16.2. The van der Waals surface area contributed by atoms with Crippen LogP contribution < -0.4 is 5.32 Å². The number of hydrogen-bond donors (Lipinski definition) is 3. The lowest BCUT2D eigenvalue weighted by Gasteiger charge is -2.13. The minimum Gasteiger partial charge on any atom is -0.394 e. The fraction of sp³-hybridized carbons (Fsp3) is 0.200. The third-order valence-corrected chi connectivity index (χ3v) is 3.44. The molecule has 0 radical (unpaired) electrons. The summed E-state index contributed by atoms with van der Waals surface area (Å²) < 4.78 is 1.55. The fourth-order valence-electron chi connectivity index (χ4n) is 2.21. The lowest BCUT2D eigenvalue weighted by atomic mass is 10.2. The van der Waals surface area contributed by atoms with Gasteiger partial charge in [-0.1, -0.05) is 18.2 Å². The molecule has 0 spiro atoms. The molecule has 0 saturated heterocycles. The van der Waals surface area contributed by atoms with Crippen molar-refractivity contribution in [2.45, 2.75) is 6.04 Å².